The Morgan fingerprint density at radius 3 is 2.80 bits per heavy atom. The lowest BCUT2D eigenvalue weighted by Crippen LogP contribution is -2.48. The Hall–Kier alpha value is -0.610. The molecular formula is C11H20N2O2. The van der Waals surface area contributed by atoms with Crippen LogP contribution in [0.15, 0.2) is 0 Å². The molecule has 0 aromatic rings. The Kier molecular flexibility index (Phi) is 3.59. The molecule has 1 saturated heterocycles. The second-order valence-electron chi connectivity index (χ2n) is 4.50. The Balaban J connectivity index is 1.99. The van der Waals surface area contributed by atoms with Crippen LogP contribution in [0, 0.1) is 0 Å². The second kappa shape index (κ2) is 4.94. The maximum absolute atomic E-state index is 11.8. The molecule has 1 saturated carbocycles. The summed E-state index contributed by atoms with van der Waals surface area (Å²) in [4.78, 5) is 14.0. The van der Waals surface area contributed by atoms with Crippen molar-refractivity contribution >= 4 is 5.91 Å². The molecule has 15 heavy (non-hydrogen) atoms. The van der Waals surface area contributed by atoms with Gasteiger partial charge in [-0.05, 0) is 32.1 Å². The van der Waals surface area contributed by atoms with Gasteiger partial charge in [0.15, 0.2) is 0 Å². The van der Waals surface area contributed by atoms with Crippen LogP contribution in [0.4, 0.5) is 0 Å². The number of amides is 1. The van der Waals surface area contributed by atoms with Crippen LogP contribution in [0.25, 0.3) is 0 Å². The van der Waals surface area contributed by atoms with Crippen molar-refractivity contribution in [1.29, 1.82) is 0 Å². The van der Waals surface area contributed by atoms with Gasteiger partial charge in [-0.3, -0.25) is 9.69 Å². The third kappa shape index (κ3) is 2.69. The number of hydrogen-bond acceptors (Lipinski definition) is 3. The molecule has 2 aliphatic rings. The molecule has 0 spiro atoms. The van der Waals surface area contributed by atoms with Crippen molar-refractivity contribution in [1.82, 2.24) is 10.2 Å². The maximum atomic E-state index is 11.8. The molecule has 0 aromatic heterocycles. The molecule has 86 valence electrons. The third-order valence-electron chi connectivity index (χ3n) is 3.28. The highest BCUT2D eigenvalue weighted by molar-refractivity contribution is 5.82. The first-order chi connectivity index (χ1) is 7.33. The summed E-state index contributed by atoms with van der Waals surface area (Å²) < 4.78 is 0. The van der Waals surface area contributed by atoms with E-state index < -0.39 is 0 Å². The quantitative estimate of drug-likeness (QED) is 0.695. The number of hydrogen-bond donors (Lipinski definition) is 2. The lowest BCUT2D eigenvalue weighted by atomic mass is 10.1. The summed E-state index contributed by atoms with van der Waals surface area (Å²) in [5.41, 5.74) is 0. The van der Waals surface area contributed by atoms with Gasteiger partial charge >= 0.3 is 0 Å². The summed E-state index contributed by atoms with van der Waals surface area (Å²) in [5, 5.41) is 12.0. The molecule has 0 bridgehead atoms. The summed E-state index contributed by atoms with van der Waals surface area (Å²) in [6, 6.07) is 0.554. The molecule has 2 fully saturated rings. The number of aliphatic hydroxyl groups is 1. The minimum Gasteiger partial charge on any atom is -0.395 e. The topological polar surface area (TPSA) is 52.6 Å². The standard InChI is InChI=1S/C11H20N2O2/c14-8-7-13(9-4-5-9)10-3-1-2-6-12-11(10)15/h9-10,14H,1-8H2,(H,12,15). The fourth-order valence-corrected chi connectivity index (χ4v) is 2.35. The smallest absolute Gasteiger partial charge is 0.237 e. The highest BCUT2D eigenvalue weighted by Gasteiger charge is 2.36. The number of aliphatic hydroxyl groups excluding tert-OH is 1. The summed E-state index contributed by atoms with van der Waals surface area (Å²) in [7, 11) is 0. The normalized spacial score (nSPS) is 27.6. The van der Waals surface area contributed by atoms with Crippen LogP contribution in [0.1, 0.15) is 32.1 Å². The fraction of sp³-hybridized carbons (Fsp3) is 0.909. The zero-order valence-corrected chi connectivity index (χ0v) is 9.11. The van der Waals surface area contributed by atoms with Crippen molar-refractivity contribution in [2.75, 3.05) is 19.7 Å². The number of carbonyl (C=O) groups is 1. The predicted molar refractivity (Wildman–Crippen MR) is 57.5 cm³/mol. The maximum Gasteiger partial charge on any atom is 0.237 e. The van der Waals surface area contributed by atoms with Gasteiger partial charge in [-0.25, -0.2) is 0 Å². The average Bonchev–Trinajstić information content (AvgIpc) is 3.02. The Morgan fingerprint density at radius 1 is 1.33 bits per heavy atom. The van der Waals surface area contributed by atoms with E-state index in [1.165, 1.54) is 12.8 Å². The highest BCUT2D eigenvalue weighted by Crippen LogP contribution is 2.30. The van der Waals surface area contributed by atoms with E-state index in [9.17, 15) is 4.79 Å². The average molecular weight is 212 g/mol. The van der Waals surface area contributed by atoms with Crippen LogP contribution in [-0.2, 0) is 4.79 Å². The lowest BCUT2D eigenvalue weighted by Gasteiger charge is -2.28. The van der Waals surface area contributed by atoms with E-state index in [-0.39, 0.29) is 18.6 Å². The van der Waals surface area contributed by atoms with E-state index in [1.807, 2.05) is 0 Å². The van der Waals surface area contributed by atoms with Crippen molar-refractivity contribution in [3.05, 3.63) is 0 Å². The number of nitrogens with zero attached hydrogens (tertiary/aromatic N) is 1. The molecular weight excluding hydrogens is 192 g/mol. The van der Waals surface area contributed by atoms with Gasteiger partial charge in [0, 0.05) is 19.1 Å². The molecule has 1 atom stereocenters. The lowest BCUT2D eigenvalue weighted by molar-refractivity contribution is -0.126. The summed E-state index contributed by atoms with van der Waals surface area (Å²) in [6.45, 7) is 1.61. The van der Waals surface area contributed by atoms with Crippen molar-refractivity contribution < 1.29 is 9.90 Å². The van der Waals surface area contributed by atoms with Crippen molar-refractivity contribution in [3.8, 4) is 0 Å². The van der Waals surface area contributed by atoms with Crippen molar-refractivity contribution in [3.63, 3.8) is 0 Å². The van der Waals surface area contributed by atoms with Gasteiger partial charge in [0.05, 0.1) is 12.6 Å². The van der Waals surface area contributed by atoms with Gasteiger partial charge in [-0.2, -0.15) is 0 Å². The monoisotopic (exact) mass is 212 g/mol. The Morgan fingerprint density at radius 2 is 2.13 bits per heavy atom. The van der Waals surface area contributed by atoms with Crippen LogP contribution in [0.2, 0.25) is 0 Å². The predicted octanol–water partition coefficient (Wildman–Crippen LogP) is 0.112. The molecule has 1 heterocycles. The molecule has 0 radical (unpaired) electrons. The summed E-state index contributed by atoms with van der Waals surface area (Å²) in [6.07, 6.45) is 5.51. The third-order valence-corrected chi connectivity index (χ3v) is 3.28. The van der Waals surface area contributed by atoms with Crippen LogP contribution in [-0.4, -0.2) is 47.7 Å². The molecule has 1 aliphatic carbocycles. The SMILES string of the molecule is O=C1NCCCCC1N(CCO)C1CC1. The minimum atomic E-state index is 0.00662. The molecule has 1 aliphatic heterocycles. The molecule has 4 heteroatoms. The molecule has 1 unspecified atom stereocenters. The number of nitrogens with one attached hydrogen (secondary N) is 1. The first-order valence-corrected chi connectivity index (χ1v) is 5.97. The van der Waals surface area contributed by atoms with E-state index in [0.717, 1.165) is 25.8 Å². The molecule has 2 N–H and O–H groups in total. The van der Waals surface area contributed by atoms with E-state index in [2.05, 4.69) is 10.2 Å². The zero-order chi connectivity index (χ0) is 10.7. The van der Waals surface area contributed by atoms with E-state index >= 15 is 0 Å². The van der Waals surface area contributed by atoms with E-state index in [1.54, 1.807) is 0 Å². The first kappa shape index (κ1) is 10.9. The van der Waals surface area contributed by atoms with Crippen molar-refractivity contribution in [2.24, 2.45) is 0 Å². The molecule has 0 aromatic carbocycles. The zero-order valence-electron chi connectivity index (χ0n) is 9.11. The van der Waals surface area contributed by atoms with Gasteiger partial charge < -0.3 is 10.4 Å². The van der Waals surface area contributed by atoms with E-state index in [4.69, 9.17) is 5.11 Å². The second-order valence-corrected chi connectivity index (χ2v) is 4.50. The first-order valence-electron chi connectivity index (χ1n) is 5.97. The Labute approximate surface area is 90.6 Å². The molecule has 1 amide bonds. The van der Waals surface area contributed by atoms with Gasteiger partial charge in [0.1, 0.15) is 0 Å². The number of rotatable bonds is 4. The van der Waals surface area contributed by atoms with Crippen LogP contribution >= 0.6 is 0 Å². The summed E-state index contributed by atoms with van der Waals surface area (Å²) in [5.74, 6) is 0.160. The molecule has 4 nitrogen and oxygen atoms in total. The molecule has 2 rings (SSSR count). The van der Waals surface area contributed by atoms with E-state index in [0.29, 0.717) is 12.6 Å². The van der Waals surface area contributed by atoms with Crippen molar-refractivity contribution in [2.45, 2.75) is 44.2 Å². The minimum absolute atomic E-state index is 0.00662. The number of carbonyl (C=O) groups excluding carboxylic acids is 1. The van der Waals surface area contributed by atoms with Gasteiger partial charge in [0.2, 0.25) is 5.91 Å². The highest BCUT2D eigenvalue weighted by atomic mass is 16.3. The fourth-order valence-electron chi connectivity index (χ4n) is 2.35. The Bertz CT molecular complexity index is 229. The van der Waals surface area contributed by atoms with Gasteiger partial charge in [0.25, 0.3) is 0 Å². The van der Waals surface area contributed by atoms with Crippen LogP contribution in [0.3, 0.4) is 0 Å². The van der Waals surface area contributed by atoms with Gasteiger partial charge in [-0.1, -0.05) is 0 Å². The van der Waals surface area contributed by atoms with Gasteiger partial charge in [-0.15, -0.1) is 0 Å². The summed E-state index contributed by atoms with van der Waals surface area (Å²) >= 11 is 0. The van der Waals surface area contributed by atoms with Crippen LogP contribution < -0.4 is 5.32 Å². The van der Waals surface area contributed by atoms with Crippen LogP contribution in [0.5, 0.6) is 0 Å². The largest absolute Gasteiger partial charge is 0.395 e.